The largest absolute Gasteiger partial charge is 0.508 e. The van der Waals surface area contributed by atoms with Crippen molar-refractivity contribution in [3.05, 3.63) is 102 Å². The van der Waals surface area contributed by atoms with E-state index in [1.807, 2.05) is 0 Å². The molecule has 3 amide bonds. The molecule has 1 saturated heterocycles. The normalized spacial score (nSPS) is 18.4. The van der Waals surface area contributed by atoms with Crippen molar-refractivity contribution < 1.29 is 24.3 Å². The lowest BCUT2D eigenvalue weighted by Crippen LogP contribution is -2.48. The zero-order chi connectivity index (χ0) is 20.4. The van der Waals surface area contributed by atoms with Crippen LogP contribution in [0.25, 0.3) is 0 Å². The van der Waals surface area contributed by atoms with Crippen molar-refractivity contribution in [1.29, 1.82) is 0 Å². The second-order valence-electron chi connectivity index (χ2n) is 6.42. The molecule has 2 N–H and O–H groups in total. The van der Waals surface area contributed by atoms with Crippen LogP contribution in [-0.2, 0) is 15.2 Å². The summed E-state index contributed by atoms with van der Waals surface area (Å²) in [5, 5.41) is 12.7. The summed E-state index contributed by atoms with van der Waals surface area (Å²) in [6, 6.07) is 21.6. The van der Waals surface area contributed by atoms with Crippen LogP contribution in [0.15, 0.2) is 84.9 Å². The lowest BCUT2D eigenvalue weighted by molar-refractivity contribution is -0.143. The first-order valence-corrected chi connectivity index (χ1v) is 8.81. The Morgan fingerprint density at radius 1 is 0.828 bits per heavy atom. The highest BCUT2D eigenvalue weighted by molar-refractivity contribution is 6.09. The zero-order valence-corrected chi connectivity index (χ0v) is 15.1. The number of carbonyl (C=O) groups excluding carboxylic acids is 3. The molecule has 0 aliphatic carbocycles. The number of benzene rings is 3. The standard InChI is InChI=1S/C22H16N2O5/c25-18-13-11-17(12-14-18)22(16-9-5-2-6-10-16)20(27)23-21(28)24(22)29-19(26)15-7-3-1-4-8-15/h1-14,25H,(H,23,27,28). The van der Waals surface area contributed by atoms with E-state index in [0.717, 1.165) is 5.06 Å². The molecule has 0 spiro atoms. The van der Waals surface area contributed by atoms with Crippen molar-refractivity contribution in [1.82, 2.24) is 10.4 Å². The van der Waals surface area contributed by atoms with Gasteiger partial charge in [-0.25, -0.2) is 9.59 Å². The van der Waals surface area contributed by atoms with Crippen LogP contribution in [0.5, 0.6) is 5.75 Å². The number of nitrogens with zero attached hydrogens (tertiary/aromatic N) is 1. The van der Waals surface area contributed by atoms with Crippen LogP contribution in [-0.4, -0.2) is 28.1 Å². The molecular weight excluding hydrogens is 372 g/mol. The average molecular weight is 388 g/mol. The minimum Gasteiger partial charge on any atom is -0.508 e. The molecule has 0 aromatic heterocycles. The van der Waals surface area contributed by atoms with Crippen LogP contribution in [0, 0.1) is 0 Å². The second-order valence-corrected chi connectivity index (χ2v) is 6.42. The van der Waals surface area contributed by atoms with Crippen molar-refractivity contribution in [2.45, 2.75) is 5.54 Å². The fraction of sp³-hybridized carbons (Fsp3) is 0.0455. The maximum Gasteiger partial charge on any atom is 0.363 e. The van der Waals surface area contributed by atoms with Crippen LogP contribution in [0.3, 0.4) is 0 Å². The fourth-order valence-corrected chi connectivity index (χ4v) is 3.35. The number of urea groups is 1. The van der Waals surface area contributed by atoms with Gasteiger partial charge in [-0.1, -0.05) is 60.7 Å². The van der Waals surface area contributed by atoms with Gasteiger partial charge in [0.05, 0.1) is 5.56 Å². The summed E-state index contributed by atoms with van der Waals surface area (Å²) in [6.07, 6.45) is 0. The number of hydrogen-bond donors (Lipinski definition) is 2. The molecule has 1 unspecified atom stereocenters. The summed E-state index contributed by atoms with van der Waals surface area (Å²) in [4.78, 5) is 43.8. The minimum atomic E-state index is -1.74. The first-order chi connectivity index (χ1) is 14.0. The Bertz CT molecular complexity index is 1070. The maximum absolute atomic E-state index is 13.1. The predicted molar refractivity (Wildman–Crippen MR) is 103 cm³/mol. The number of rotatable bonds is 4. The van der Waals surface area contributed by atoms with Crippen molar-refractivity contribution in [2.24, 2.45) is 0 Å². The van der Waals surface area contributed by atoms with Gasteiger partial charge in [0.15, 0.2) is 0 Å². The molecule has 0 radical (unpaired) electrons. The van der Waals surface area contributed by atoms with E-state index in [4.69, 9.17) is 4.84 Å². The molecule has 4 rings (SSSR count). The Morgan fingerprint density at radius 2 is 1.38 bits per heavy atom. The van der Waals surface area contributed by atoms with Crippen molar-refractivity contribution in [3.63, 3.8) is 0 Å². The first-order valence-electron chi connectivity index (χ1n) is 8.81. The highest BCUT2D eigenvalue weighted by Gasteiger charge is 2.58. The van der Waals surface area contributed by atoms with Crippen molar-refractivity contribution in [3.8, 4) is 5.75 Å². The van der Waals surface area contributed by atoms with E-state index in [-0.39, 0.29) is 11.3 Å². The van der Waals surface area contributed by atoms with E-state index in [9.17, 15) is 19.5 Å². The molecule has 1 aliphatic heterocycles. The number of imide groups is 1. The van der Waals surface area contributed by atoms with Gasteiger partial charge in [-0.2, -0.15) is 0 Å². The summed E-state index contributed by atoms with van der Waals surface area (Å²) >= 11 is 0. The van der Waals surface area contributed by atoms with E-state index < -0.39 is 23.4 Å². The lowest BCUT2D eigenvalue weighted by Gasteiger charge is -2.34. The molecule has 29 heavy (non-hydrogen) atoms. The highest BCUT2D eigenvalue weighted by atomic mass is 16.7. The summed E-state index contributed by atoms with van der Waals surface area (Å²) in [6.45, 7) is 0. The molecular formula is C22H16N2O5. The topological polar surface area (TPSA) is 95.9 Å². The number of hydrogen-bond acceptors (Lipinski definition) is 5. The smallest absolute Gasteiger partial charge is 0.363 e. The molecule has 0 bridgehead atoms. The van der Waals surface area contributed by atoms with E-state index in [1.165, 1.54) is 24.3 Å². The van der Waals surface area contributed by atoms with Gasteiger partial charge in [0.25, 0.3) is 5.91 Å². The average Bonchev–Trinajstić information content (AvgIpc) is 3.00. The van der Waals surface area contributed by atoms with Crippen molar-refractivity contribution >= 4 is 17.9 Å². The highest BCUT2D eigenvalue weighted by Crippen LogP contribution is 2.40. The van der Waals surface area contributed by atoms with Gasteiger partial charge in [0.1, 0.15) is 5.75 Å². The molecule has 1 atom stereocenters. The van der Waals surface area contributed by atoms with Crippen LogP contribution >= 0.6 is 0 Å². The summed E-state index contributed by atoms with van der Waals surface area (Å²) in [7, 11) is 0. The Hall–Kier alpha value is -4.13. The van der Waals surface area contributed by atoms with Crippen LogP contribution in [0.1, 0.15) is 21.5 Å². The van der Waals surface area contributed by atoms with Gasteiger partial charge >= 0.3 is 12.0 Å². The quantitative estimate of drug-likeness (QED) is 0.670. The van der Waals surface area contributed by atoms with Gasteiger partial charge in [0.2, 0.25) is 5.54 Å². The molecule has 3 aromatic rings. The van der Waals surface area contributed by atoms with E-state index in [1.54, 1.807) is 60.7 Å². The zero-order valence-electron chi connectivity index (χ0n) is 15.1. The number of carbonyl (C=O) groups is 3. The van der Waals surface area contributed by atoms with E-state index in [2.05, 4.69) is 5.32 Å². The van der Waals surface area contributed by atoms with Gasteiger partial charge in [-0.05, 0) is 35.4 Å². The van der Waals surface area contributed by atoms with Crippen LogP contribution < -0.4 is 5.32 Å². The Labute approximate surface area is 166 Å². The number of amides is 3. The van der Waals surface area contributed by atoms with Crippen molar-refractivity contribution in [2.75, 3.05) is 0 Å². The van der Waals surface area contributed by atoms with Gasteiger partial charge in [0, 0.05) is 0 Å². The molecule has 3 aromatic carbocycles. The summed E-state index contributed by atoms with van der Waals surface area (Å²) < 4.78 is 0. The number of phenolic OH excluding ortho intramolecular Hbond substituents is 1. The molecule has 1 aliphatic rings. The van der Waals surface area contributed by atoms with Gasteiger partial charge < -0.3 is 9.94 Å². The number of nitrogens with one attached hydrogen (secondary N) is 1. The lowest BCUT2D eigenvalue weighted by atomic mass is 9.82. The Balaban J connectivity index is 1.87. The Kier molecular flexibility index (Phi) is 4.48. The second kappa shape index (κ2) is 7.12. The summed E-state index contributed by atoms with van der Waals surface area (Å²) in [5.41, 5.74) is -0.732. The predicted octanol–water partition coefficient (Wildman–Crippen LogP) is 2.96. The molecule has 1 fully saturated rings. The SMILES string of the molecule is O=C(ON1C(=O)NC(=O)C1(c1ccccc1)c1ccc(O)cc1)c1ccccc1. The number of phenols is 1. The third-order valence-electron chi connectivity index (χ3n) is 4.70. The molecule has 7 heteroatoms. The summed E-state index contributed by atoms with van der Waals surface area (Å²) in [5.74, 6) is -1.45. The van der Waals surface area contributed by atoms with Crippen LogP contribution in [0.2, 0.25) is 0 Å². The molecule has 0 saturated carbocycles. The third-order valence-corrected chi connectivity index (χ3v) is 4.70. The minimum absolute atomic E-state index is 0.00507. The fourth-order valence-electron chi connectivity index (χ4n) is 3.35. The molecule has 144 valence electrons. The number of aromatic hydroxyl groups is 1. The van der Waals surface area contributed by atoms with E-state index in [0.29, 0.717) is 11.1 Å². The Morgan fingerprint density at radius 3 is 2.00 bits per heavy atom. The monoisotopic (exact) mass is 388 g/mol. The van der Waals surface area contributed by atoms with Crippen LogP contribution in [0.4, 0.5) is 4.79 Å². The third kappa shape index (κ3) is 2.98. The van der Waals surface area contributed by atoms with Gasteiger partial charge in [-0.3, -0.25) is 10.1 Å². The number of hydroxylamine groups is 2. The molecule has 1 heterocycles. The molecule has 7 nitrogen and oxygen atoms in total. The maximum atomic E-state index is 13.1. The van der Waals surface area contributed by atoms with E-state index >= 15 is 0 Å². The first kappa shape index (κ1) is 18.2. The van der Waals surface area contributed by atoms with Gasteiger partial charge in [-0.15, -0.1) is 5.06 Å².